The lowest BCUT2D eigenvalue weighted by atomic mass is 9.96. The van der Waals surface area contributed by atoms with Crippen molar-refractivity contribution in [2.24, 2.45) is 5.92 Å². The molecule has 1 aromatic heterocycles. The van der Waals surface area contributed by atoms with Crippen LogP contribution in [0.25, 0.3) is 0 Å². The fourth-order valence-electron chi connectivity index (χ4n) is 2.81. The standard InChI is InChI=1S/C15H20N4O/c1-10-7-14(13(8-16)11(2)18-10)19-6-4-5-12(9-19)15(20)17-3/h7,12H,4-6,9H2,1-3H3,(H,17,20). The van der Waals surface area contributed by atoms with Crippen LogP contribution >= 0.6 is 0 Å². The van der Waals surface area contributed by atoms with Gasteiger partial charge in [-0.15, -0.1) is 0 Å². The van der Waals surface area contributed by atoms with Gasteiger partial charge in [-0.3, -0.25) is 9.78 Å². The maximum Gasteiger partial charge on any atom is 0.224 e. The van der Waals surface area contributed by atoms with Crippen LogP contribution in [0.2, 0.25) is 0 Å². The Balaban J connectivity index is 2.32. The topological polar surface area (TPSA) is 69.0 Å². The van der Waals surface area contributed by atoms with Crippen molar-refractivity contribution in [3.63, 3.8) is 0 Å². The summed E-state index contributed by atoms with van der Waals surface area (Å²) in [6.45, 7) is 5.33. The molecule has 1 saturated heterocycles. The van der Waals surface area contributed by atoms with Gasteiger partial charge in [0.2, 0.25) is 5.91 Å². The van der Waals surface area contributed by atoms with Crippen molar-refractivity contribution in [2.75, 3.05) is 25.0 Å². The van der Waals surface area contributed by atoms with Crippen molar-refractivity contribution < 1.29 is 4.79 Å². The molecule has 0 aliphatic carbocycles. The Morgan fingerprint density at radius 1 is 1.55 bits per heavy atom. The van der Waals surface area contributed by atoms with Gasteiger partial charge in [0.25, 0.3) is 0 Å². The molecule has 1 aliphatic rings. The smallest absolute Gasteiger partial charge is 0.224 e. The van der Waals surface area contributed by atoms with Crippen LogP contribution in [0, 0.1) is 31.1 Å². The highest BCUT2D eigenvalue weighted by atomic mass is 16.1. The second-order valence-electron chi connectivity index (χ2n) is 5.25. The molecule has 1 unspecified atom stereocenters. The van der Waals surface area contributed by atoms with Crippen molar-refractivity contribution >= 4 is 11.6 Å². The van der Waals surface area contributed by atoms with Gasteiger partial charge in [-0.05, 0) is 32.8 Å². The molecular formula is C15H20N4O. The first-order valence-electron chi connectivity index (χ1n) is 6.91. The minimum atomic E-state index is -0.00549. The van der Waals surface area contributed by atoms with Gasteiger partial charge in [0.1, 0.15) is 6.07 Å². The summed E-state index contributed by atoms with van der Waals surface area (Å²) in [5.74, 6) is 0.0739. The summed E-state index contributed by atoms with van der Waals surface area (Å²) in [6, 6.07) is 4.18. The molecule has 0 saturated carbocycles. The Kier molecular flexibility index (Phi) is 4.23. The summed E-state index contributed by atoms with van der Waals surface area (Å²) >= 11 is 0. The molecule has 1 aromatic rings. The maximum absolute atomic E-state index is 11.8. The van der Waals surface area contributed by atoms with E-state index in [0.29, 0.717) is 12.1 Å². The van der Waals surface area contributed by atoms with Gasteiger partial charge in [-0.2, -0.15) is 5.26 Å². The van der Waals surface area contributed by atoms with Gasteiger partial charge in [-0.1, -0.05) is 0 Å². The fourth-order valence-corrected chi connectivity index (χ4v) is 2.81. The molecule has 2 heterocycles. The van der Waals surface area contributed by atoms with E-state index in [0.717, 1.165) is 36.5 Å². The Bertz CT molecular complexity index is 562. The number of hydrogen-bond acceptors (Lipinski definition) is 4. The van der Waals surface area contributed by atoms with Crippen LogP contribution in [-0.4, -0.2) is 31.0 Å². The Labute approximate surface area is 119 Å². The van der Waals surface area contributed by atoms with Crippen LogP contribution in [0.4, 0.5) is 5.69 Å². The van der Waals surface area contributed by atoms with E-state index in [-0.39, 0.29) is 11.8 Å². The number of amides is 1. The molecule has 0 bridgehead atoms. The third-order valence-corrected chi connectivity index (χ3v) is 3.80. The van der Waals surface area contributed by atoms with Crippen LogP contribution < -0.4 is 10.2 Å². The molecule has 5 nitrogen and oxygen atoms in total. The van der Waals surface area contributed by atoms with E-state index in [1.807, 2.05) is 19.9 Å². The van der Waals surface area contributed by atoms with E-state index in [4.69, 9.17) is 0 Å². The average molecular weight is 272 g/mol. The highest BCUT2D eigenvalue weighted by Gasteiger charge is 2.27. The van der Waals surface area contributed by atoms with Crippen molar-refractivity contribution in [1.29, 1.82) is 5.26 Å². The third-order valence-electron chi connectivity index (χ3n) is 3.80. The second kappa shape index (κ2) is 5.91. The zero-order chi connectivity index (χ0) is 14.7. The molecule has 5 heteroatoms. The van der Waals surface area contributed by atoms with Crippen LogP contribution in [0.15, 0.2) is 6.07 Å². The largest absolute Gasteiger partial charge is 0.370 e. The summed E-state index contributed by atoms with van der Waals surface area (Å²) in [7, 11) is 1.67. The number of carbonyl (C=O) groups excluding carboxylic acids is 1. The minimum absolute atomic E-state index is 0.00549. The Hall–Kier alpha value is -2.09. The van der Waals surface area contributed by atoms with E-state index in [9.17, 15) is 10.1 Å². The normalized spacial score (nSPS) is 18.5. The minimum Gasteiger partial charge on any atom is -0.370 e. The van der Waals surface area contributed by atoms with E-state index in [1.54, 1.807) is 7.05 Å². The SMILES string of the molecule is CNC(=O)C1CCCN(c2cc(C)nc(C)c2C#N)C1. The lowest BCUT2D eigenvalue weighted by Crippen LogP contribution is -2.42. The summed E-state index contributed by atoms with van der Waals surface area (Å²) in [4.78, 5) is 18.3. The summed E-state index contributed by atoms with van der Waals surface area (Å²) in [6.07, 6.45) is 1.87. The lowest BCUT2D eigenvalue weighted by Gasteiger charge is -2.34. The Morgan fingerprint density at radius 3 is 2.95 bits per heavy atom. The molecule has 0 spiro atoms. The van der Waals surface area contributed by atoms with Crippen molar-refractivity contribution in [2.45, 2.75) is 26.7 Å². The number of carbonyl (C=O) groups is 1. The molecule has 1 N–H and O–H groups in total. The molecule has 20 heavy (non-hydrogen) atoms. The number of pyridine rings is 1. The number of hydrogen-bond donors (Lipinski definition) is 1. The van der Waals surface area contributed by atoms with Gasteiger partial charge in [0.05, 0.1) is 22.9 Å². The summed E-state index contributed by atoms with van der Waals surface area (Å²) < 4.78 is 0. The first-order valence-corrected chi connectivity index (χ1v) is 6.91. The van der Waals surface area contributed by atoms with Gasteiger partial charge >= 0.3 is 0 Å². The number of aromatic nitrogens is 1. The monoisotopic (exact) mass is 272 g/mol. The fraction of sp³-hybridized carbons (Fsp3) is 0.533. The van der Waals surface area contributed by atoms with E-state index < -0.39 is 0 Å². The zero-order valence-electron chi connectivity index (χ0n) is 12.2. The highest BCUT2D eigenvalue weighted by Crippen LogP contribution is 2.28. The van der Waals surface area contributed by atoms with Crippen molar-refractivity contribution in [3.05, 3.63) is 23.0 Å². The highest BCUT2D eigenvalue weighted by molar-refractivity contribution is 5.79. The lowest BCUT2D eigenvalue weighted by molar-refractivity contribution is -0.124. The number of aryl methyl sites for hydroxylation is 2. The van der Waals surface area contributed by atoms with Crippen molar-refractivity contribution in [3.8, 4) is 6.07 Å². The second-order valence-corrected chi connectivity index (χ2v) is 5.25. The van der Waals surface area contributed by atoms with Crippen LogP contribution in [-0.2, 0) is 4.79 Å². The van der Waals surface area contributed by atoms with Gasteiger partial charge < -0.3 is 10.2 Å². The van der Waals surface area contributed by atoms with E-state index in [2.05, 4.69) is 21.3 Å². The first-order chi connectivity index (χ1) is 9.56. The zero-order valence-corrected chi connectivity index (χ0v) is 12.2. The first kappa shape index (κ1) is 14.3. The number of rotatable bonds is 2. The maximum atomic E-state index is 11.8. The number of nitrogens with one attached hydrogen (secondary N) is 1. The molecule has 0 radical (unpaired) electrons. The van der Waals surface area contributed by atoms with Crippen LogP contribution in [0.1, 0.15) is 29.8 Å². The number of piperidine rings is 1. The molecule has 1 fully saturated rings. The summed E-state index contributed by atoms with van der Waals surface area (Å²) in [5, 5.41) is 12.1. The molecule has 1 aliphatic heterocycles. The predicted molar refractivity (Wildman–Crippen MR) is 77.4 cm³/mol. The van der Waals surface area contributed by atoms with Crippen molar-refractivity contribution in [1.82, 2.24) is 10.3 Å². The van der Waals surface area contributed by atoms with Crippen LogP contribution in [0.5, 0.6) is 0 Å². The van der Waals surface area contributed by atoms with Crippen LogP contribution in [0.3, 0.4) is 0 Å². The number of anilines is 1. The number of nitrogens with zero attached hydrogens (tertiary/aromatic N) is 3. The molecule has 2 rings (SSSR count). The summed E-state index contributed by atoms with van der Waals surface area (Å²) in [5.41, 5.74) is 3.18. The molecule has 1 amide bonds. The number of nitriles is 1. The van der Waals surface area contributed by atoms with Gasteiger partial charge in [0, 0.05) is 25.8 Å². The van der Waals surface area contributed by atoms with Gasteiger partial charge in [-0.25, -0.2) is 0 Å². The molecule has 1 atom stereocenters. The average Bonchev–Trinajstić information content (AvgIpc) is 2.45. The molecule has 0 aromatic carbocycles. The van der Waals surface area contributed by atoms with Gasteiger partial charge in [0.15, 0.2) is 0 Å². The van der Waals surface area contributed by atoms with E-state index >= 15 is 0 Å². The quantitative estimate of drug-likeness (QED) is 0.886. The predicted octanol–water partition coefficient (Wildman–Crippen LogP) is 1.53. The third kappa shape index (κ3) is 2.74. The van der Waals surface area contributed by atoms with E-state index in [1.165, 1.54) is 0 Å². The Morgan fingerprint density at radius 2 is 2.30 bits per heavy atom. The molecule has 106 valence electrons. The molecular weight excluding hydrogens is 252 g/mol.